The summed E-state index contributed by atoms with van der Waals surface area (Å²) in [5, 5.41) is 13.9. The molecule has 9 heteroatoms. The van der Waals surface area contributed by atoms with E-state index in [9.17, 15) is 19.7 Å². The van der Waals surface area contributed by atoms with E-state index in [-0.39, 0.29) is 17.6 Å². The molecule has 0 aliphatic carbocycles. The molecule has 1 aliphatic rings. The van der Waals surface area contributed by atoms with Crippen LogP contribution >= 0.6 is 0 Å². The van der Waals surface area contributed by atoms with E-state index in [1.165, 1.54) is 12.1 Å². The Hall–Kier alpha value is -5.18. The molecule has 1 aliphatic heterocycles. The number of non-ortho nitro benzene ring substituents is 1. The van der Waals surface area contributed by atoms with E-state index >= 15 is 0 Å². The van der Waals surface area contributed by atoms with Crippen LogP contribution in [-0.2, 0) is 6.54 Å². The van der Waals surface area contributed by atoms with Crippen molar-refractivity contribution >= 4 is 23.2 Å². The molecule has 0 bridgehead atoms. The molecule has 1 atom stereocenters. The van der Waals surface area contributed by atoms with Gasteiger partial charge in [-0.25, -0.2) is 0 Å². The predicted molar refractivity (Wildman–Crippen MR) is 152 cm³/mol. The van der Waals surface area contributed by atoms with Crippen LogP contribution in [0.3, 0.4) is 0 Å². The Bertz CT molecular complexity index is 1570. The zero-order chi connectivity index (χ0) is 28.2. The first-order valence-corrected chi connectivity index (χ1v) is 12.9. The molecule has 0 fully saturated rings. The fraction of sp³-hybridized carbons (Fsp3) is 0.161. The van der Waals surface area contributed by atoms with Crippen LogP contribution in [-0.4, -0.2) is 29.9 Å². The van der Waals surface area contributed by atoms with E-state index in [0.717, 1.165) is 27.9 Å². The maximum atomic E-state index is 13.0. The van der Waals surface area contributed by atoms with Crippen LogP contribution in [0.2, 0.25) is 0 Å². The summed E-state index contributed by atoms with van der Waals surface area (Å²) in [6, 6.07) is 26.6. The van der Waals surface area contributed by atoms with E-state index < -0.39 is 10.8 Å². The van der Waals surface area contributed by atoms with Gasteiger partial charge in [0, 0.05) is 29.8 Å². The average molecular weight is 537 g/mol. The highest BCUT2D eigenvalue weighted by molar-refractivity contribution is 5.95. The van der Waals surface area contributed by atoms with Gasteiger partial charge in [0.1, 0.15) is 12.4 Å². The maximum Gasteiger partial charge on any atom is 0.269 e. The Balaban J connectivity index is 1.32. The number of fused-ring (bicyclic) bond motifs is 1. The minimum Gasteiger partial charge on any atom is -0.490 e. The van der Waals surface area contributed by atoms with Crippen LogP contribution in [0, 0.1) is 10.1 Å². The molecule has 0 aromatic heterocycles. The van der Waals surface area contributed by atoms with Crippen molar-refractivity contribution in [3.8, 4) is 16.9 Å². The number of hydrogen-bond acceptors (Lipinski definition) is 6. The largest absolute Gasteiger partial charge is 0.490 e. The molecule has 0 radical (unpaired) electrons. The van der Waals surface area contributed by atoms with Crippen molar-refractivity contribution in [2.24, 2.45) is 5.73 Å². The first-order valence-electron chi connectivity index (χ1n) is 12.9. The van der Waals surface area contributed by atoms with Gasteiger partial charge in [0.2, 0.25) is 5.91 Å². The van der Waals surface area contributed by atoms with Crippen molar-refractivity contribution in [2.45, 2.75) is 19.5 Å². The van der Waals surface area contributed by atoms with Crippen molar-refractivity contribution in [1.29, 1.82) is 0 Å². The average Bonchev–Trinajstić information content (AvgIpc) is 2.97. The van der Waals surface area contributed by atoms with Crippen LogP contribution < -0.4 is 20.7 Å². The second kappa shape index (κ2) is 11.3. The highest BCUT2D eigenvalue weighted by atomic mass is 16.6. The van der Waals surface area contributed by atoms with Crippen LogP contribution in [0.4, 0.5) is 11.4 Å². The van der Waals surface area contributed by atoms with Gasteiger partial charge in [-0.1, -0.05) is 48.5 Å². The maximum absolute atomic E-state index is 13.0. The lowest BCUT2D eigenvalue weighted by atomic mass is 9.98. The van der Waals surface area contributed by atoms with E-state index in [4.69, 9.17) is 10.5 Å². The van der Waals surface area contributed by atoms with Gasteiger partial charge in [-0.05, 0) is 59.5 Å². The molecule has 202 valence electrons. The number of nitrogens with two attached hydrogens (primary N) is 1. The first-order chi connectivity index (χ1) is 19.3. The summed E-state index contributed by atoms with van der Waals surface area (Å²) in [6.07, 6.45) is 0. The number of carbonyl (C=O) groups is 2. The molecule has 9 nitrogen and oxygen atoms in total. The van der Waals surface area contributed by atoms with Crippen molar-refractivity contribution in [1.82, 2.24) is 5.32 Å². The minimum absolute atomic E-state index is 0.00211. The Labute approximate surface area is 231 Å². The third kappa shape index (κ3) is 5.63. The molecular weight excluding hydrogens is 508 g/mol. The fourth-order valence-electron chi connectivity index (χ4n) is 4.79. The summed E-state index contributed by atoms with van der Waals surface area (Å²) in [5.41, 5.74) is 11.1. The van der Waals surface area contributed by atoms with Crippen LogP contribution in [0.5, 0.6) is 5.75 Å². The van der Waals surface area contributed by atoms with Crippen LogP contribution in [0.1, 0.15) is 44.8 Å². The van der Waals surface area contributed by atoms with Gasteiger partial charge in [-0.3, -0.25) is 19.7 Å². The second-order valence-corrected chi connectivity index (χ2v) is 9.60. The normalized spacial score (nSPS) is 13.1. The van der Waals surface area contributed by atoms with Gasteiger partial charge in [0.05, 0.1) is 23.2 Å². The number of nitrogens with one attached hydrogen (secondary N) is 1. The number of hydrogen-bond donors (Lipinski definition) is 2. The standard InChI is InChI=1S/C31H28N4O5/c1-20(21-10-13-26(14-11-21)35(38)39)33-31(37)24-12-15-28-29(18-24)40-17-16-34(28)19-25-4-2-3-5-27(25)22-6-8-23(9-7-22)30(32)36/h2-15,18,20H,16-17,19H2,1H3,(H2,32,36)(H,33,37). The number of nitro benzene ring substituents is 1. The van der Waals surface area contributed by atoms with E-state index in [1.807, 2.05) is 37.3 Å². The summed E-state index contributed by atoms with van der Waals surface area (Å²) in [6.45, 7) is 3.62. The summed E-state index contributed by atoms with van der Waals surface area (Å²) in [5.74, 6) is -0.0945. The molecule has 0 saturated carbocycles. The zero-order valence-corrected chi connectivity index (χ0v) is 21.9. The van der Waals surface area contributed by atoms with E-state index in [2.05, 4.69) is 22.3 Å². The number of primary amides is 1. The molecule has 3 N–H and O–H groups in total. The topological polar surface area (TPSA) is 128 Å². The van der Waals surface area contributed by atoms with Crippen LogP contribution in [0.15, 0.2) is 91.0 Å². The monoisotopic (exact) mass is 536 g/mol. The number of ether oxygens (including phenoxy) is 1. The van der Waals surface area contributed by atoms with Gasteiger partial charge < -0.3 is 20.7 Å². The molecule has 1 unspecified atom stereocenters. The van der Waals surface area contributed by atoms with Crippen LogP contribution in [0.25, 0.3) is 11.1 Å². The number of carbonyl (C=O) groups excluding carboxylic acids is 2. The summed E-state index contributed by atoms with van der Waals surface area (Å²) < 4.78 is 5.93. The Kier molecular flexibility index (Phi) is 7.46. The Morgan fingerprint density at radius 1 is 1.00 bits per heavy atom. The minimum atomic E-state index is -0.460. The number of benzene rings is 4. The van der Waals surface area contributed by atoms with Crippen molar-refractivity contribution < 1.29 is 19.2 Å². The van der Waals surface area contributed by atoms with Gasteiger partial charge >= 0.3 is 0 Å². The SMILES string of the molecule is CC(NC(=O)c1ccc2c(c1)OCCN2Cc1ccccc1-c1ccc(C(N)=O)cc1)c1ccc([N+](=O)[O-])cc1. The van der Waals surface area contributed by atoms with Crippen molar-refractivity contribution in [3.05, 3.63) is 123 Å². The van der Waals surface area contributed by atoms with Gasteiger partial charge in [-0.2, -0.15) is 0 Å². The number of anilines is 1. The predicted octanol–water partition coefficient (Wildman–Crippen LogP) is 5.25. The first kappa shape index (κ1) is 26.4. The third-order valence-electron chi connectivity index (χ3n) is 6.99. The van der Waals surface area contributed by atoms with Gasteiger partial charge in [0.25, 0.3) is 11.6 Å². The number of rotatable bonds is 8. The highest BCUT2D eigenvalue weighted by Gasteiger charge is 2.22. The number of amides is 2. The summed E-state index contributed by atoms with van der Waals surface area (Å²) in [7, 11) is 0. The highest BCUT2D eigenvalue weighted by Crippen LogP contribution is 2.35. The summed E-state index contributed by atoms with van der Waals surface area (Å²) in [4.78, 5) is 37.2. The quantitative estimate of drug-likeness (QED) is 0.234. The fourth-order valence-corrected chi connectivity index (χ4v) is 4.79. The third-order valence-corrected chi connectivity index (χ3v) is 6.99. The molecule has 40 heavy (non-hydrogen) atoms. The second-order valence-electron chi connectivity index (χ2n) is 9.60. The van der Waals surface area contributed by atoms with Crippen molar-refractivity contribution in [3.63, 3.8) is 0 Å². The zero-order valence-electron chi connectivity index (χ0n) is 21.9. The van der Waals surface area contributed by atoms with Gasteiger partial charge in [0.15, 0.2) is 0 Å². The molecule has 4 aromatic carbocycles. The number of nitro groups is 1. The molecule has 2 amide bonds. The molecule has 0 saturated heterocycles. The molecule has 0 spiro atoms. The molecule has 4 aromatic rings. The number of nitrogens with zero attached hydrogens (tertiary/aromatic N) is 2. The van der Waals surface area contributed by atoms with Gasteiger partial charge in [-0.15, -0.1) is 0 Å². The lowest BCUT2D eigenvalue weighted by Gasteiger charge is -2.32. The lowest BCUT2D eigenvalue weighted by molar-refractivity contribution is -0.384. The van der Waals surface area contributed by atoms with E-state index in [0.29, 0.717) is 36.6 Å². The van der Waals surface area contributed by atoms with Crippen molar-refractivity contribution in [2.75, 3.05) is 18.1 Å². The lowest BCUT2D eigenvalue weighted by Crippen LogP contribution is -2.33. The molecule has 1 heterocycles. The smallest absolute Gasteiger partial charge is 0.269 e. The Morgan fingerprint density at radius 3 is 2.40 bits per heavy atom. The van der Waals surface area contributed by atoms with E-state index in [1.54, 1.807) is 36.4 Å². The molecular formula is C31H28N4O5. The summed E-state index contributed by atoms with van der Waals surface area (Å²) >= 11 is 0. The Morgan fingerprint density at radius 2 is 1.70 bits per heavy atom. The molecule has 5 rings (SSSR count).